The molecule has 0 saturated heterocycles. The van der Waals surface area contributed by atoms with Crippen molar-refractivity contribution in [1.29, 1.82) is 0 Å². The Balaban J connectivity index is 3.30. The normalized spacial score (nSPS) is 11.3. The van der Waals surface area contributed by atoms with Crippen molar-refractivity contribution in [2.75, 3.05) is 0 Å². The number of halogens is 5. The van der Waals surface area contributed by atoms with E-state index in [2.05, 4.69) is 4.74 Å². The van der Waals surface area contributed by atoms with E-state index in [-0.39, 0.29) is 3.57 Å². The Morgan fingerprint density at radius 2 is 2.06 bits per heavy atom. The number of H-pyrrole nitrogens is 1. The molecule has 0 aliphatic carbocycles. The highest BCUT2D eigenvalue weighted by Gasteiger charge is 2.33. The Kier molecular flexibility index (Phi) is 3.84. The zero-order chi connectivity index (χ0) is 12.5. The molecule has 1 aromatic heterocycles. The van der Waals surface area contributed by atoms with Gasteiger partial charge in [0.15, 0.2) is 5.75 Å². The van der Waals surface area contributed by atoms with Crippen molar-refractivity contribution in [2.45, 2.75) is 6.36 Å². The van der Waals surface area contributed by atoms with Gasteiger partial charge in [0.25, 0.3) is 10.8 Å². The van der Waals surface area contributed by atoms with Crippen LogP contribution in [0.4, 0.5) is 13.2 Å². The molecule has 1 heterocycles. The van der Waals surface area contributed by atoms with Crippen LogP contribution in [0.25, 0.3) is 0 Å². The SMILES string of the molecule is O=C(Cl)c1[nH]c(=O)cc(OC(F)(F)F)c1I. The summed E-state index contributed by atoms with van der Waals surface area (Å²) in [5, 5.41) is -1.07. The van der Waals surface area contributed by atoms with Crippen LogP contribution in [0.3, 0.4) is 0 Å². The molecule has 0 radical (unpaired) electrons. The van der Waals surface area contributed by atoms with Crippen molar-refractivity contribution < 1.29 is 22.7 Å². The Morgan fingerprint density at radius 1 is 1.50 bits per heavy atom. The maximum Gasteiger partial charge on any atom is 0.573 e. The summed E-state index contributed by atoms with van der Waals surface area (Å²) in [4.78, 5) is 23.7. The highest BCUT2D eigenvalue weighted by Crippen LogP contribution is 2.28. The molecule has 1 rings (SSSR count). The largest absolute Gasteiger partial charge is 0.573 e. The number of alkyl halides is 3. The molecule has 0 spiro atoms. The minimum atomic E-state index is -4.94. The van der Waals surface area contributed by atoms with Gasteiger partial charge in [-0.3, -0.25) is 9.59 Å². The highest BCUT2D eigenvalue weighted by atomic mass is 127. The van der Waals surface area contributed by atoms with Crippen LogP contribution in [0.15, 0.2) is 10.9 Å². The monoisotopic (exact) mass is 367 g/mol. The van der Waals surface area contributed by atoms with Crippen LogP contribution in [0.2, 0.25) is 0 Å². The van der Waals surface area contributed by atoms with Crippen molar-refractivity contribution in [3.8, 4) is 5.75 Å². The molecule has 1 aromatic rings. The molecular formula is C7H2ClF3INO3. The number of hydrogen-bond acceptors (Lipinski definition) is 3. The number of pyridine rings is 1. The van der Waals surface area contributed by atoms with Gasteiger partial charge < -0.3 is 9.72 Å². The lowest BCUT2D eigenvalue weighted by atomic mass is 10.3. The van der Waals surface area contributed by atoms with Gasteiger partial charge in [0, 0.05) is 6.07 Å². The first kappa shape index (κ1) is 13.3. The first-order chi connectivity index (χ1) is 7.20. The van der Waals surface area contributed by atoms with E-state index in [9.17, 15) is 22.8 Å². The Bertz CT molecular complexity index is 485. The molecule has 0 aliphatic rings. The zero-order valence-electron chi connectivity index (χ0n) is 7.19. The molecule has 88 valence electrons. The molecule has 0 aliphatic heterocycles. The number of aromatic nitrogens is 1. The number of carbonyl (C=O) groups excluding carboxylic acids is 1. The van der Waals surface area contributed by atoms with Gasteiger partial charge >= 0.3 is 6.36 Å². The second-order valence-corrected chi connectivity index (χ2v) is 3.93. The first-order valence-corrected chi connectivity index (χ1v) is 5.05. The van der Waals surface area contributed by atoms with Crippen LogP contribution in [0.5, 0.6) is 5.75 Å². The molecule has 0 aromatic carbocycles. The summed E-state index contributed by atoms with van der Waals surface area (Å²) in [5.74, 6) is -0.763. The molecule has 0 unspecified atom stereocenters. The van der Waals surface area contributed by atoms with Crippen LogP contribution >= 0.6 is 34.2 Å². The van der Waals surface area contributed by atoms with Gasteiger partial charge in [0.2, 0.25) is 0 Å². The van der Waals surface area contributed by atoms with Gasteiger partial charge in [0.05, 0.1) is 3.57 Å². The van der Waals surface area contributed by atoms with Crippen LogP contribution in [0, 0.1) is 3.57 Å². The third-order valence-corrected chi connectivity index (χ3v) is 2.63. The standard InChI is InChI=1S/C7H2ClF3INO3/c8-6(15)5-4(12)2(1-3(14)13-5)16-7(9,10)11/h1H,(H,13,14). The van der Waals surface area contributed by atoms with Gasteiger partial charge in [-0.15, -0.1) is 13.2 Å². The summed E-state index contributed by atoms with van der Waals surface area (Å²) in [6.45, 7) is 0. The maximum atomic E-state index is 11.9. The number of hydrogen-bond donors (Lipinski definition) is 1. The van der Waals surface area contributed by atoms with E-state index >= 15 is 0 Å². The molecule has 0 atom stereocenters. The second-order valence-electron chi connectivity index (χ2n) is 2.51. The van der Waals surface area contributed by atoms with E-state index in [1.807, 2.05) is 4.98 Å². The van der Waals surface area contributed by atoms with E-state index in [0.717, 1.165) is 0 Å². The summed E-state index contributed by atoms with van der Waals surface area (Å²) >= 11 is 6.49. The Hall–Kier alpha value is -0.770. The number of carbonyl (C=O) groups is 1. The molecule has 0 fully saturated rings. The zero-order valence-corrected chi connectivity index (χ0v) is 10.1. The number of nitrogens with one attached hydrogen (secondary N) is 1. The number of ether oxygens (including phenoxy) is 1. The molecule has 16 heavy (non-hydrogen) atoms. The van der Waals surface area contributed by atoms with E-state index in [1.165, 1.54) is 22.6 Å². The second kappa shape index (κ2) is 4.62. The molecule has 0 saturated carbocycles. The summed E-state index contributed by atoms with van der Waals surface area (Å²) in [6.07, 6.45) is -4.94. The molecule has 0 bridgehead atoms. The van der Waals surface area contributed by atoms with Crippen molar-refractivity contribution in [3.05, 3.63) is 25.7 Å². The fraction of sp³-hybridized carbons (Fsp3) is 0.143. The summed E-state index contributed by atoms with van der Waals surface area (Å²) in [6, 6.07) is 0.582. The molecule has 0 amide bonds. The fourth-order valence-corrected chi connectivity index (χ4v) is 1.80. The average Bonchev–Trinajstić information content (AvgIpc) is 2.07. The fourth-order valence-electron chi connectivity index (χ4n) is 0.854. The lowest BCUT2D eigenvalue weighted by Crippen LogP contribution is -2.21. The molecule has 1 N–H and O–H groups in total. The lowest BCUT2D eigenvalue weighted by molar-refractivity contribution is -0.275. The van der Waals surface area contributed by atoms with Crippen molar-refractivity contribution >= 4 is 39.4 Å². The Labute approximate surface area is 105 Å². The molecule has 9 heteroatoms. The first-order valence-electron chi connectivity index (χ1n) is 3.59. The van der Waals surface area contributed by atoms with Crippen LogP contribution in [-0.4, -0.2) is 16.6 Å². The highest BCUT2D eigenvalue weighted by molar-refractivity contribution is 14.1. The summed E-state index contributed by atoms with van der Waals surface area (Å²) < 4.78 is 39.1. The van der Waals surface area contributed by atoms with E-state index in [4.69, 9.17) is 11.6 Å². The number of rotatable bonds is 2. The minimum Gasteiger partial charge on any atom is -0.404 e. The van der Waals surface area contributed by atoms with Gasteiger partial charge in [-0.2, -0.15) is 0 Å². The average molecular weight is 367 g/mol. The van der Waals surface area contributed by atoms with Crippen LogP contribution < -0.4 is 10.3 Å². The van der Waals surface area contributed by atoms with Crippen molar-refractivity contribution in [2.24, 2.45) is 0 Å². The Morgan fingerprint density at radius 3 is 2.50 bits per heavy atom. The van der Waals surface area contributed by atoms with Gasteiger partial charge in [0.1, 0.15) is 5.69 Å². The molecule has 4 nitrogen and oxygen atoms in total. The lowest BCUT2D eigenvalue weighted by Gasteiger charge is -2.11. The number of aromatic amines is 1. The van der Waals surface area contributed by atoms with E-state index in [0.29, 0.717) is 6.07 Å². The smallest absolute Gasteiger partial charge is 0.404 e. The predicted molar refractivity (Wildman–Crippen MR) is 56.6 cm³/mol. The van der Waals surface area contributed by atoms with Crippen LogP contribution in [0.1, 0.15) is 10.5 Å². The van der Waals surface area contributed by atoms with Crippen molar-refractivity contribution in [1.82, 2.24) is 4.98 Å². The van der Waals surface area contributed by atoms with Gasteiger partial charge in [-0.1, -0.05) is 0 Å². The minimum absolute atomic E-state index is 0.213. The third-order valence-electron chi connectivity index (χ3n) is 1.37. The summed E-state index contributed by atoms with van der Waals surface area (Å²) in [5.41, 5.74) is -1.35. The summed E-state index contributed by atoms with van der Waals surface area (Å²) in [7, 11) is 0. The van der Waals surface area contributed by atoms with Gasteiger partial charge in [-0.05, 0) is 34.2 Å². The quantitative estimate of drug-likeness (QED) is 0.644. The van der Waals surface area contributed by atoms with Crippen molar-refractivity contribution in [3.63, 3.8) is 0 Å². The predicted octanol–water partition coefficient (Wildman–Crippen LogP) is 2.26. The maximum absolute atomic E-state index is 11.9. The molecular weight excluding hydrogens is 365 g/mol. The van der Waals surface area contributed by atoms with E-state index in [1.54, 1.807) is 0 Å². The van der Waals surface area contributed by atoms with Gasteiger partial charge in [-0.25, -0.2) is 0 Å². The topological polar surface area (TPSA) is 59.2 Å². The van der Waals surface area contributed by atoms with E-state index < -0.39 is 28.6 Å². The third kappa shape index (κ3) is 3.37. The van der Waals surface area contributed by atoms with Crippen LogP contribution in [-0.2, 0) is 0 Å².